The summed E-state index contributed by atoms with van der Waals surface area (Å²) in [5.41, 5.74) is 4.03. The first-order valence-corrected chi connectivity index (χ1v) is 30.2. The van der Waals surface area contributed by atoms with E-state index in [9.17, 15) is 30.3 Å². The van der Waals surface area contributed by atoms with Crippen molar-refractivity contribution in [3.8, 4) is 46.4 Å². The van der Waals surface area contributed by atoms with Crippen LogP contribution in [0.25, 0.3) is 22.8 Å². The van der Waals surface area contributed by atoms with E-state index in [1.165, 1.54) is 33.8 Å². The van der Waals surface area contributed by atoms with Crippen LogP contribution in [-0.2, 0) is 19.1 Å². The van der Waals surface area contributed by atoms with E-state index in [0.29, 0.717) is 46.8 Å². The van der Waals surface area contributed by atoms with Crippen molar-refractivity contribution in [2.24, 2.45) is 10.8 Å². The summed E-state index contributed by atoms with van der Waals surface area (Å²) in [5.74, 6) is 0.841. The van der Waals surface area contributed by atoms with E-state index in [-0.39, 0.29) is 48.8 Å². The number of aromatic nitrogens is 6. The van der Waals surface area contributed by atoms with E-state index in [1.54, 1.807) is 64.1 Å². The van der Waals surface area contributed by atoms with Gasteiger partial charge in [-0.05, 0) is 84.9 Å². The molecule has 90 heavy (non-hydrogen) atoms. The number of anilines is 6. The van der Waals surface area contributed by atoms with Crippen LogP contribution in [0.4, 0.5) is 43.4 Å². The van der Waals surface area contributed by atoms with Gasteiger partial charge in [-0.3, -0.25) is 19.4 Å². The van der Waals surface area contributed by atoms with Gasteiger partial charge in [0.05, 0.1) is 62.7 Å². The first-order valence-electron chi connectivity index (χ1n) is 30.2. The van der Waals surface area contributed by atoms with E-state index < -0.39 is 60.4 Å². The number of likely N-dealkylation sites (tertiary alicyclic amines) is 2. The van der Waals surface area contributed by atoms with Gasteiger partial charge >= 0.3 is 0 Å². The number of carbonyl (C=O) groups is 2. The third-order valence-electron chi connectivity index (χ3n) is 17.4. The van der Waals surface area contributed by atoms with Gasteiger partial charge in [0, 0.05) is 110 Å². The number of piperidine rings is 2. The number of nitrogens with zero attached hydrogens (tertiary/aromatic N) is 14. The Bertz CT molecular complexity index is 3340. The number of aliphatic hydroxyl groups excluding tert-OH is 2. The SMILES string of the molecule is CC1(C)CN(C(=O)CO)C[C@@H](F)[C@H]1Oc1ccc(-c2ncnc(Nc3ccc(N4CCN(C5COC5)CC4)cc3)n2)cc1C#N.CC1(C)CN(C(=O)CO)C[C@H](F)[C@@H]1Oc1ccc(-c2ncnc(Nc3ccc(N4CCN(C5COC5)CC4)cc3)n2)cc1C#N. The maximum absolute atomic E-state index is 15.2. The number of alkyl halides is 2. The second-order valence-corrected chi connectivity index (χ2v) is 24.6. The fourth-order valence-corrected chi connectivity index (χ4v) is 12.2. The van der Waals surface area contributed by atoms with Crippen molar-refractivity contribution in [2.75, 3.05) is 139 Å². The van der Waals surface area contributed by atoms with Gasteiger partial charge in [-0.1, -0.05) is 27.7 Å². The third-order valence-corrected chi connectivity index (χ3v) is 17.4. The number of amides is 2. The molecule has 2 amide bonds. The Labute approximate surface area is 521 Å². The van der Waals surface area contributed by atoms with Crippen LogP contribution in [-0.4, -0.2) is 226 Å². The zero-order valence-corrected chi connectivity index (χ0v) is 50.8. The molecule has 2 aromatic heterocycles. The lowest BCUT2D eigenvalue weighted by Crippen LogP contribution is -2.59. The highest BCUT2D eigenvalue weighted by atomic mass is 19.1. The van der Waals surface area contributed by atoms with Crippen LogP contribution in [0.2, 0.25) is 0 Å². The number of benzene rings is 4. The van der Waals surface area contributed by atoms with Gasteiger partial charge in [0.25, 0.3) is 0 Å². The number of piperazine rings is 2. The zero-order chi connectivity index (χ0) is 63.1. The van der Waals surface area contributed by atoms with Gasteiger partial charge in [0.1, 0.15) is 61.7 Å². The van der Waals surface area contributed by atoms with Gasteiger partial charge in [-0.25, -0.2) is 28.7 Å². The molecule has 0 bridgehead atoms. The second kappa shape index (κ2) is 27.5. The van der Waals surface area contributed by atoms with Crippen molar-refractivity contribution in [1.82, 2.24) is 49.5 Å². The van der Waals surface area contributed by atoms with Gasteiger partial charge in [-0.15, -0.1) is 0 Å². The Balaban J connectivity index is 0.000000185. The molecule has 0 saturated carbocycles. The monoisotopic (exact) mass is 1230 g/mol. The van der Waals surface area contributed by atoms with Crippen LogP contribution >= 0.6 is 0 Å². The maximum Gasteiger partial charge on any atom is 0.248 e. The van der Waals surface area contributed by atoms with Crippen molar-refractivity contribution in [2.45, 2.75) is 64.3 Å². The summed E-state index contributed by atoms with van der Waals surface area (Å²) in [4.78, 5) is 62.5. The molecule has 6 aliphatic rings. The number of carbonyl (C=O) groups excluding carboxylic acids is 2. The minimum atomic E-state index is -1.50. The number of aliphatic hydroxyl groups is 2. The van der Waals surface area contributed by atoms with Gasteiger partial charge in [-0.2, -0.15) is 20.5 Å². The summed E-state index contributed by atoms with van der Waals surface area (Å²) in [5, 5.41) is 44.7. The first kappa shape index (κ1) is 62.8. The molecule has 6 aliphatic heterocycles. The summed E-state index contributed by atoms with van der Waals surface area (Å²) in [6.45, 7) is 17.3. The van der Waals surface area contributed by atoms with E-state index in [2.05, 4.69) is 96.5 Å². The molecule has 0 unspecified atom stereocenters. The van der Waals surface area contributed by atoms with Gasteiger partial charge < -0.3 is 59.4 Å². The molecule has 12 rings (SSSR count). The average Bonchev–Trinajstić information content (AvgIpc) is 1.36. The summed E-state index contributed by atoms with van der Waals surface area (Å²) in [7, 11) is 0. The highest BCUT2D eigenvalue weighted by Gasteiger charge is 2.47. The fraction of sp³-hybridized carbons (Fsp3) is 0.469. The number of hydrogen-bond donors (Lipinski definition) is 4. The predicted molar refractivity (Wildman–Crippen MR) is 330 cm³/mol. The Morgan fingerprint density at radius 3 is 1.28 bits per heavy atom. The van der Waals surface area contributed by atoms with Crippen molar-refractivity contribution < 1.29 is 47.5 Å². The summed E-state index contributed by atoms with van der Waals surface area (Å²) in [6.07, 6.45) is -1.99. The van der Waals surface area contributed by atoms with Crippen LogP contribution in [0.1, 0.15) is 38.8 Å². The number of rotatable bonds is 16. The van der Waals surface area contributed by atoms with Crippen LogP contribution < -0.4 is 29.9 Å². The molecule has 6 fully saturated rings. The van der Waals surface area contributed by atoms with Crippen LogP contribution in [0.3, 0.4) is 0 Å². The number of hydrogen-bond acceptors (Lipinski definition) is 22. The molecule has 0 aliphatic carbocycles. The molecular formula is C64H74F2N16O8. The molecule has 0 spiro atoms. The molecule has 4 atom stereocenters. The normalized spacial score (nSPS) is 21.9. The average molecular weight is 1230 g/mol. The number of nitrogens with one attached hydrogen (secondary N) is 2. The van der Waals surface area contributed by atoms with Crippen LogP contribution in [0, 0.1) is 33.5 Å². The van der Waals surface area contributed by atoms with Crippen molar-refractivity contribution in [3.63, 3.8) is 0 Å². The summed E-state index contributed by atoms with van der Waals surface area (Å²) >= 11 is 0. The molecular weight excluding hydrogens is 1160 g/mol. The molecule has 24 nitrogen and oxygen atoms in total. The van der Waals surface area contributed by atoms with Gasteiger partial charge in [0.15, 0.2) is 24.0 Å². The van der Waals surface area contributed by atoms with Crippen molar-refractivity contribution in [1.29, 1.82) is 10.5 Å². The molecule has 6 aromatic rings. The Hall–Kier alpha value is -8.76. The first-order chi connectivity index (χ1) is 43.5. The minimum Gasteiger partial charge on any atom is -0.485 e. The molecule has 8 heterocycles. The van der Waals surface area contributed by atoms with E-state index in [1.807, 2.05) is 24.3 Å². The summed E-state index contributed by atoms with van der Waals surface area (Å²) in [6, 6.07) is 31.6. The zero-order valence-electron chi connectivity index (χ0n) is 50.8. The van der Waals surface area contributed by atoms with Gasteiger partial charge in [0.2, 0.25) is 23.7 Å². The quantitative estimate of drug-likeness (QED) is 0.0964. The highest BCUT2D eigenvalue weighted by Crippen LogP contribution is 2.39. The second-order valence-electron chi connectivity index (χ2n) is 24.6. The predicted octanol–water partition coefficient (Wildman–Crippen LogP) is 5.24. The molecule has 26 heteroatoms. The lowest BCUT2D eigenvalue weighted by Gasteiger charge is -2.45. The molecule has 4 N–H and O–H groups in total. The van der Waals surface area contributed by atoms with Crippen molar-refractivity contribution in [3.05, 3.63) is 109 Å². The highest BCUT2D eigenvalue weighted by molar-refractivity contribution is 5.78. The van der Waals surface area contributed by atoms with Crippen LogP contribution in [0.15, 0.2) is 97.6 Å². The Morgan fingerprint density at radius 1 is 0.578 bits per heavy atom. The van der Waals surface area contributed by atoms with Crippen LogP contribution in [0.5, 0.6) is 11.5 Å². The number of ether oxygens (including phenoxy) is 4. The largest absolute Gasteiger partial charge is 0.485 e. The molecule has 6 saturated heterocycles. The standard InChI is InChI=1S/2C32H37FN8O4/c2*1-32(2)19-41(28(43)16-42)15-26(33)29(32)45-27-8-3-21(13-22(27)14-34)30-35-20-36-31(38-30)37-23-4-6-24(7-5-23)39-9-11-40(12-10-39)25-17-44-18-25/h2*3-8,13,20,25-26,29,42H,9-12,15-19H2,1-2H3,(H,35,36,37,38)/t2*26-,29-/m10/s1. The maximum atomic E-state index is 15.2. The Morgan fingerprint density at radius 2 is 0.956 bits per heavy atom. The molecule has 472 valence electrons. The van der Waals surface area contributed by atoms with E-state index in [0.717, 1.165) is 90.2 Å². The van der Waals surface area contributed by atoms with Crippen molar-refractivity contribution >= 4 is 46.5 Å². The minimum absolute atomic E-state index is 0.190. The molecule has 0 radical (unpaired) electrons. The topological polar surface area (TPSA) is 280 Å². The lowest BCUT2D eigenvalue weighted by molar-refractivity contribution is -0.145. The summed E-state index contributed by atoms with van der Waals surface area (Å²) < 4.78 is 53.2. The van der Waals surface area contributed by atoms with E-state index >= 15 is 8.78 Å². The molecule has 4 aromatic carbocycles. The lowest BCUT2D eigenvalue weighted by atomic mass is 9.80. The third kappa shape index (κ3) is 14.4. The van der Waals surface area contributed by atoms with E-state index in [4.69, 9.17) is 18.9 Å². The fourth-order valence-electron chi connectivity index (χ4n) is 12.2. The number of halogens is 2. The Kier molecular flexibility index (Phi) is 19.2. The number of nitriles is 2. The smallest absolute Gasteiger partial charge is 0.248 e.